The number of hydrogen-bond acceptors (Lipinski definition) is 6. The zero-order valence-electron chi connectivity index (χ0n) is 30.0. The van der Waals surface area contributed by atoms with Crippen LogP contribution in [0.2, 0.25) is 0 Å². The van der Waals surface area contributed by atoms with Crippen molar-refractivity contribution >= 4 is 34.3 Å². The number of alkyl halides is 2. The monoisotopic (exact) mass is 721 g/mol. The Morgan fingerprint density at radius 1 is 0.962 bits per heavy atom. The number of piperidine rings is 2. The molecule has 4 aromatic rings. The van der Waals surface area contributed by atoms with Crippen LogP contribution in [0, 0.1) is 17.3 Å². The molecule has 5 atom stereocenters. The molecule has 2 aliphatic carbocycles. The van der Waals surface area contributed by atoms with Crippen molar-refractivity contribution in [1.29, 1.82) is 0 Å². The number of nitrogens with one attached hydrogen (secondary N) is 3. The molecule has 4 saturated heterocycles. The van der Waals surface area contributed by atoms with Crippen LogP contribution in [-0.4, -0.2) is 93.4 Å². The summed E-state index contributed by atoms with van der Waals surface area (Å²) < 4.78 is 29.0. The molecule has 6 heterocycles. The molecular weight excluding hydrogens is 676 g/mol. The van der Waals surface area contributed by atoms with E-state index in [4.69, 9.17) is 0 Å². The second kappa shape index (κ2) is 12.0. The first-order valence-corrected chi connectivity index (χ1v) is 19.4. The van der Waals surface area contributed by atoms with Gasteiger partial charge in [-0.15, -0.1) is 0 Å². The molecule has 1 saturated carbocycles. The van der Waals surface area contributed by atoms with Gasteiger partial charge in [-0.1, -0.05) is 25.1 Å². The van der Waals surface area contributed by atoms with E-state index < -0.39 is 17.3 Å². The maximum atomic E-state index is 14.5. The molecule has 2 bridgehead atoms. The number of nitrogens with zero attached hydrogens (tertiary/aromatic N) is 4. The number of benzene rings is 2. The van der Waals surface area contributed by atoms with Gasteiger partial charge in [-0.25, -0.2) is 8.78 Å². The summed E-state index contributed by atoms with van der Waals surface area (Å²) in [7, 11) is 0. The molecule has 0 spiro atoms. The summed E-state index contributed by atoms with van der Waals surface area (Å²) in [6.45, 7) is 6.23. The van der Waals surface area contributed by atoms with E-state index >= 15 is 0 Å². The lowest BCUT2D eigenvalue weighted by atomic mass is 9.87. The molecular formula is C41H45F2N7O3. The lowest BCUT2D eigenvalue weighted by molar-refractivity contribution is -0.134. The maximum Gasteiger partial charge on any atom is 0.258 e. The van der Waals surface area contributed by atoms with Gasteiger partial charge >= 0.3 is 0 Å². The van der Waals surface area contributed by atoms with E-state index in [1.165, 1.54) is 5.69 Å². The topological polar surface area (TPSA) is 117 Å². The van der Waals surface area contributed by atoms with Gasteiger partial charge in [-0.3, -0.25) is 29.7 Å². The summed E-state index contributed by atoms with van der Waals surface area (Å²) in [6.07, 6.45) is 6.06. The first-order chi connectivity index (χ1) is 25.6. The van der Waals surface area contributed by atoms with Gasteiger partial charge in [0.1, 0.15) is 5.69 Å². The number of aromatic amines is 2. The third-order valence-electron chi connectivity index (χ3n) is 13.8. The molecule has 53 heavy (non-hydrogen) atoms. The van der Waals surface area contributed by atoms with Gasteiger partial charge in [0.05, 0.1) is 11.6 Å². The molecule has 10 nitrogen and oxygen atoms in total. The lowest BCUT2D eigenvalue weighted by Crippen LogP contribution is -2.56. The minimum absolute atomic E-state index is 0.0592. The Morgan fingerprint density at radius 2 is 1.72 bits per heavy atom. The lowest BCUT2D eigenvalue weighted by Gasteiger charge is -2.44. The molecule has 12 heteroatoms. The molecule has 0 radical (unpaired) electrons. The van der Waals surface area contributed by atoms with E-state index in [-0.39, 0.29) is 23.6 Å². The summed E-state index contributed by atoms with van der Waals surface area (Å²) in [5, 5.41) is 11.0. The fourth-order valence-corrected chi connectivity index (χ4v) is 10.5. The Balaban J connectivity index is 0.753. The van der Waals surface area contributed by atoms with Crippen molar-refractivity contribution in [3.63, 3.8) is 0 Å². The number of imide groups is 1. The van der Waals surface area contributed by atoms with Gasteiger partial charge in [-0.2, -0.15) is 5.10 Å². The highest BCUT2D eigenvalue weighted by Crippen LogP contribution is 2.70. The van der Waals surface area contributed by atoms with Crippen LogP contribution in [0.25, 0.3) is 22.3 Å². The number of H-pyrrole nitrogens is 2. The highest BCUT2D eigenvalue weighted by molar-refractivity contribution is 6.01. The van der Waals surface area contributed by atoms with Crippen LogP contribution in [0.5, 0.6) is 0 Å². The van der Waals surface area contributed by atoms with Gasteiger partial charge in [-0.05, 0) is 80.3 Å². The SMILES string of the molecule is C[C@@]12Cc3[nH]nc(-c4cc5ccc(C(=O)N6CC7CCC(C6)N7CC6CCN(c7ccc(C8CCC(=O)NC8=O)cc7)CC6)cc5[nH]4)c3C[C@@H]1C2(F)F. The third-order valence-corrected chi connectivity index (χ3v) is 13.8. The number of likely N-dealkylation sites (tertiary alicyclic amines) is 1. The summed E-state index contributed by atoms with van der Waals surface area (Å²) in [5.41, 5.74) is 5.85. The summed E-state index contributed by atoms with van der Waals surface area (Å²) >= 11 is 0. The quantitative estimate of drug-likeness (QED) is 0.222. The maximum absolute atomic E-state index is 14.5. The van der Waals surface area contributed by atoms with Gasteiger partial charge < -0.3 is 14.8 Å². The van der Waals surface area contributed by atoms with E-state index in [9.17, 15) is 23.2 Å². The third kappa shape index (κ3) is 5.33. The van der Waals surface area contributed by atoms with E-state index in [1.807, 2.05) is 41.3 Å². The molecule has 3 amide bonds. The smallest absolute Gasteiger partial charge is 0.258 e. The number of carbonyl (C=O) groups excluding carboxylic acids is 3. The Bertz CT molecular complexity index is 2120. The van der Waals surface area contributed by atoms with Crippen LogP contribution in [0.3, 0.4) is 0 Å². The predicted octanol–water partition coefficient (Wildman–Crippen LogP) is 5.65. The van der Waals surface area contributed by atoms with Gasteiger partial charge in [0.2, 0.25) is 11.8 Å². The Morgan fingerprint density at radius 3 is 2.45 bits per heavy atom. The average molecular weight is 722 g/mol. The van der Waals surface area contributed by atoms with Crippen LogP contribution in [-0.2, 0) is 22.4 Å². The van der Waals surface area contributed by atoms with Crippen molar-refractivity contribution in [2.75, 3.05) is 37.6 Å². The highest BCUT2D eigenvalue weighted by atomic mass is 19.3. The van der Waals surface area contributed by atoms with Gasteiger partial charge in [0, 0.05) is 102 Å². The molecule has 6 aliphatic rings. The molecule has 276 valence electrons. The fraction of sp³-hybridized carbons (Fsp3) is 0.512. The van der Waals surface area contributed by atoms with Crippen molar-refractivity contribution in [3.8, 4) is 11.4 Å². The Hall–Kier alpha value is -4.58. The van der Waals surface area contributed by atoms with E-state index in [1.54, 1.807) is 6.92 Å². The number of hydrogen-bond donors (Lipinski definition) is 3. The number of aromatic nitrogens is 3. The normalized spacial score (nSPS) is 29.6. The zero-order chi connectivity index (χ0) is 36.2. The van der Waals surface area contributed by atoms with Gasteiger partial charge in [0.25, 0.3) is 11.8 Å². The molecule has 10 rings (SSSR count). The second-order valence-corrected chi connectivity index (χ2v) is 16.8. The first-order valence-electron chi connectivity index (χ1n) is 19.4. The van der Waals surface area contributed by atoms with E-state index in [0.717, 1.165) is 91.8 Å². The number of rotatable bonds is 6. The zero-order valence-corrected chi connectivity index (χ0v) is 30.0. The highest BCUT2D eigenvalue weighted by Gasteiger charge is 2.78. The largest absolute Gasteiger partial charge is 0.372 e. The summed E-state index contributed by atoms with van der Waals surface area (Å²) in [6, 6.07) is 16.9. The molecule has 3 unspecified atom stereocenters. The van der Waals surface area contributed by atoms with E-state index in [2.05, 4.69) is 42.4 Å². The van der Waals surface area contributed by atoms with Crippen LogP contribution >= 0.6 is 0 Å². The van der Waals surface area contributed by atoms with Crippen molar-refractivity contribution in [1.82, 2.24) is 30.3 Å². The summed E-state index contributed by atoms with van der Waals surface area (Å²) in [5.74, 6) is -3.24. The van der Waals surface area contributed by atoms with Crippen LogP contribution < -0.4 is 10.2 Å². The molecule has 4 aliphatic heterocycles. The average Bonchev–Trinajstić information content (AvgIpc) is 3.62. The van der Waals surface area contributed by atoms with Crippen LogP contribution in [0.15, 0.2) is 48.5 Å². The van der Waals surface area contributed by atoms with E-state index in [0.29, 0.717) is 54.9 Å². The van der Waals surface area contributed by atoms with Crippen molar-refractivity contribution in [2.24, 2.45) is 17.3 Å². The fourth-order valence-electron chi connectivity index (χ4n) is 10.5. The number of carbonyl (C=O) groups is 3. The number of amides is 3. The number of piperazine rings is 1. The first kappa shape index (κ1) is 33.0. The number of fused-ring (bicyclic) bond motifs is 5. The Labute approximate surface area is 306 Å². The van der Waals surface area contributed by atoms with Crippen molar-refractivity contribution in [2.45, 2.75) is 82.2 Å². The van der Waals surface area contributed by atoms with Crippen molar-refractivity contribution < 1.29 is 23.2 Å². The number of halogens is 2. The minimum atomic E-state index is -2.64. The molecule has 2 aromatic heterocycles. The summed E-state index contributed by atoms with van der Waals surface area (Å²) in [4.78, 5) is 48.4. The van der Waals surface area contributed by atoms with Crippen LogP contribution in [0.4, 0.5) is 14.5 Å². The number of anilines is 1. The molecule has 3 N–H and O–H groups in total. The molecule has 5 fully saturated rings. The van der Waals surface area contributed by atoms with Crippen LogP contribution in [0.1, 0.15) is 78.5 Å². The second-order valence-electron chi connectivity index (χ2n) is 16.8. The minimum Gasteiger partial charge on any atom is -0.372 e. The molecule has 2 aromatic carbocycles. The standard InChI is InChI=1S/C41H45F2N7O3/c1-40-19-34-31(18-35(40)41(40,42)43)37(47-46-34)33-16-25-2-3-26(17-32(25)44-33)39(53)49-21-28-8-9-29(22-49)50(28)20-23-12-14-48(15-13-23)27-6-4-24(5-7-27)30-10-11-36(51)45-38(30)52/h2-7,16-17,23,28-30,35,44H,8-15,18-22H2,1H3,(H,46,47)(H,45,51,52)/t28?,29?,30?,35-,40+/m0/s1. The van der Waals surface area contributed by atoms with Crippen molar-refractivity contribution in [3.05, 3.63) is 70.9 Å². The van der Waals surface area contributed by atoms with Gasteiger partial charge in [0.15, 0.2) is 0 Å². The predicted molar refractivity (Wildman–Crippen MR) is 196 cm³/mol. The Kier molecular flexibility index (Phi) is 7.45.